The van der Waals surface area contributed by atoms with Gasteiger partial charge in [0.1, 0.15) is 6.61 Å². The van der Waals surface area contributed by atoms with Gasteiger partial charge < -0.3 is 10.1 Å². The van der Waals surface area contributed by atoms with Gasteiger partial charge in [0.2, 0.25) is 0 Å². The predicted octanol–water partition coefficient (Wildman–Crippen LogP) is 2.92. The Morgan fingerprint density at radius 1 is 1.16 bits per heavy atom. The zero-order chi connectivity index (χ0) is 14.1. The lowest BCUT2D eigenvalue weighted by Crippen LogP contribution is -2.33. The second kappa shape index (κ2) is 8.29. The van der Waals surface area contributed by atoms with Crippen molar-refractivity contribution in [3.63, 3.8) is 0 Å². The van der Waals surface area contributed by atoms with Gasteiger partial charge in [-0.2, -0.15) is 0 Å². The predicted molar refractivity (Wildman–Crippen MR) is 73.7 cm³/mol. The van der Waals surface area contributed by atoms with Gasteiger partial charge in [0.15, 0.2) is 5.78 Å². The van der Waals surface area contributed by atoms with Crippen LogP contribution in [0.3, 0.4) is 0 Å². The molecule has 0 fully saturated rings. The summed E-state index contributed by atoms with van der Waals surface area (Å²) in [7, 11) is 0. The molecule has 1 amide bonds. The van der Waals surface area contributed by atoms with E-state index in [4.69, 9.17) is 4.74 Å². The van der Waals surface area contributed by atoms with Crippen molar-refractivity contribution in [1.82, 2.24) is 5.32 Å². The summed E-state index contributed by atoms with van der Waals surface area (Å²) in [6.45, 7) is 4.20. The van der Waals surface area contributed by atoms with Crippen LogP contribution in [0.5, 0.6) is 0 Å². The molecule has 0 aliphatic rings. The highest BCUT2D eigenvalue weighted by Crippen LogP contribution is 2.08. The van der Waals surface area contributed by atoms with Gasteiger partial charge in [-0.1, -0.05) is 44.2 Å². The van der Waals surface area contributed by atoms with E-state index >= 15 is 0 Å². The lowest BCUT2D eigenvalue weighted by atomic mass is 9.98. The highest BCUT2D eigenvalue weighted by Gasteiger charge is 2.15. The summed E-state index contributed by atoms with van der Waals surface area (Å²) in [5.41, 5.74) is 0.920. The monoisotopic (exact) mass is 263 g/mol. The molecule has 104 valence electrons. The van der Waals surface area contributed by atoms with Crippen LogP contribution in [0.4, 0.5) is 4.79 Å². The van der Waals surface area contributed by atoms with E-state index in [1.54, 1.807) is 0 Å². The molecule has 0 unspecified atom stereocenters. The number of benzene rings is 1. The third-order valence-corrected chi connectivity index (χ3v) is 3.06. The van der Waals surface area contributed by atoms with Crippen LogP contribution >= 0.6 is 0 Å². The zero-order valence-corrected chi connectivity index (χ0v) is 11.5. The molecule has 0 aromatic heterocycles. The van der Waals surface area contributed by atoms with Crippen molar-refractivity contribution in [2.75, 3.05) is 6.54 Å². The normalized spacial score (nSPS) is 10.3. The number of hydrogen-bond acceptors (Lipinski definition) is 3. The summed E-state index contributed by atoms with van der Waals surface area (Å²) in [5, 5.41) is 2.49. The van der Waals surface area contributed by atoms with E-state index in [0.717, 1.165) is 18.4 Å². The molecule has 1 aromatic rings. The fourth-order valence-electron chi connectivity index (χ4n) is 1.82. The van der Waals surface area contributed by atoms with E-state index in [2.05, 4.69) is 5.32 Å². The average molecular weight is 263 g/mol. The van der Waals surface area contributed by atoms with Gasteiger partial charge >= 0.3 is 6.09 Å². The first-order chi connectivity index (χ1) is 9.17. The van der Waals surface area contributed by atoms with Crippen molar-refractivity contribution in [3.8, 4) is 0 Å². The van der Waals surface area contributed by atoms with Gasteiger partial charge in [0.25, 0.3) is 0 Å². The average Bonchev–Trinajstić information content (AvgIpc) is 2.45. The molecule has 1 N–H and O–H groups in total. The molecular weight excluding hydrogens is 242 g/mol. The molecule has 0 aliphatic carbocycles. The van der Waals surface area contributed by atoms with Gasteiger partial charge in [0, 0.05) is 5.92 Å². The summed E-state index contributed by atoms with van der Waals surface area (Å²) in [6.07, 6.45) is 1.05. The molecule has 4 nitrogen and oxygen atoms in total. The minimum absolute atomic E-state index is 0.0226. The Bertz CT molecular complexity index is 399. The quantitative estimate of drug-likeness (QED) is 0.823. The minimum Gasteiger partial charge on any atom is -0.445 e. The van der Waals surface area contributed by atoms with E-state index in [1.807, 2.05) is 44.2 Å². The molecule has 0 saturated carbocycles. The Hall–Kier alpha value is -1.84. The number of alkyl carbamates (subject to hydrolysis) is 1. The Morgan fingerprint density at radius 3 is 2.37 bits per heavy atom. The van der Waals surface area contributed by atoms with Crippen molar-refractivity contribution in [3.05, 3.63) is 35.9 Å². The summed E-state index contributed by atoms with van der Waals surface area (Å²) in [6, 6.07) is 9.42. The van der Waals surface area contributed by atoms with Crippen LogP contribution in [0.25, 0.3) is 0 Å². The number of rotatable bonds is 7. The molecule has 0 atom stereocenters. The summed E-state index contributed by atoms with van der Waals surface area (Å²) >= 11 is 0. The van der Waals surface area contributed by atoms with E-state index < -0.39 is 6.09 Å². The first-order valence-corrected chi connectivity index (χ1v) is 6.64. The molecule has 0 bridgehead atoms. The van der Waals surface area contributed by atoms with Crippen LogP contribution < -0.4 is 5.32 Å². The fraction of sp³-hybridized carbons (Fsp3) is 0.467. The van der Waals surface area contributed by atoms with Crippen LogP contribution in [0.15, 0.2) is 30.3 Å². The van der Waals surface area contributed by atoms with Crippen LogP contribution in [0.1, 0.15) is 32.3 Å². The Morgan fingerprint density at radius 2 is 1.79 bits per heavy atom. The Labute approximate surface area is 114 Å². The van der Waals surface area contributed by atoms with Crippen molar-refractivity contribution in [2.24, 2.45) is 5.92 Å². The van der Waals surface area contributed by atoms with Crippen LogP contribution in [0, 0.1) is 5.92 Å². The number of Topliss-reactive ketones (excluding diaryl/α,β-unsaturated/α-hetero) is 1. The number of nitrogens with one attached hydrogen (secondary N) is 1. The molecule has 0 heterocycles. The first-order valence-electron chi connectivity index (χ1n) is 6.64. The van der Waals surface area contributed by atoms with Crippen LogP contribution in [-0.2, 0) is 16.1 Å². The first kappa shape index (κ1) is 15.2. The van der Waals surface area contributed by atoms with Gasteiger partial charge in [-0.15, -0.1) is 0 Å². The van der Waals surface area contributed by atoms with Gasteiger partial charge in [-0.25, -0.2) is 4.79 Å². The minimum atomic E-state index is -0.553. The SMILES string of the molecule is CCC(CC)C(=O)CNC(=O)OCc1ccccc1. The molecule has 0 radical (unpaired) electrons. The van der Waals surface area contributed by atoms with Gasteiger partial charge in [-0.05, 0) is 18.4 Å². The lowest BCUT2D eigenvalue weighted by Gasteiger charge is -2.11. The summed E-state index contributed by atoms with van der Waals surface area (Å²) < 4.78 is 5.02. The van der Waals surface area contributed by atoms with Gasteiger partial charge in [-0.3, -0.25) is 4.79 Å². The topological polar surface area (TPSA) is 55.4 Å². The van der Waals surface area contributed by atoms with Crippen molar-refractivity contribution >= 4 is 11.9 Å². The van der Waals surface area contributed by atoms with E-state index in [1.165, 1.54) is 0 Å². The molecule has 19 heavy (non-hydrogen) atoms. The summed E-state index contributed by atoms with van der Waals surface area (Å²) in [4.78, 5) is 23.1. The molecule has 0 spiro atoms. The van der Waals surface area contributed by atoms with Crippen LogP contribution in [0.2, 0.25) is 0 Å². The zero-order valence-electron chi connectivity index (χ0n) is 11.5. The lowest BCUT2D eigenvalue weighted by molar-refractivity contribution is -0.122. The third-order valence-electron chi connectivity index (χ3n) is 3.06. The second-order valence-electron chi connectivity index (χ2n) is 4.40. The molecule has 0 aliphatic heterocycles. The Kier molecular flexibility index (Phi) is 6.64. The second-order valence-corrected chi connectivity index (χ2v) is 4.40. The number of ketones is 1. The largest absolute Gasteiger partial charge is 0.445 e. The van der Waals surface area contributed by atoms with Gasteiger partial charge in [0.05, 0.1) is 6.54 Å². The smallest absolute Gasteiger partial charge is 0.407 e. The fourth-order valence-corrected chi connectivity index (χ4v) is 1.82. The number of carbonyl (C=O) groups excluding carboxylic acids is 2. The maximum Gasteiger partial charge on any atom is 0.407 e. The molecular formula is C15H21NO3. The van der Waals surface area contributed by atoms with E-state index in [9.17, 15) is 9.59 Å². The third kappa shape index (κ3) is 5.55. The van der Waals surface area contributed by atoms with Crippen molar-refractivity contribution in [1.29, 1.82) is 0 Å². The van der Waals surface area contributed by atoms with Crippen molar-refractivity contribution < 1.29 is 14.3 Å². The number of carbonyl (C=O) groups is 2. The number of ether oxygens (including phenoxy) is 1. The van der Waals surface area contributed by atoms with E-state index in [0.29, 0.717) is 0 Å². The van der Waals surface area contributed by atoms with Crippen LogP contribution in [-0.4, -0.2) is 18.4 Å². The number of hydrogen-bond donors (Lipinski definition) is 1. The standard InChI is InChI=1S/C15H21NO3/c1-3-13(4-2)14(17)10-16-15(18)19-11-12-8-6-5-7-9-12/h5-9,13H,3-4,10-11H2,1-2H3,(H,16,18). The van der Waals surface area contributed by atoms with Crippen molar-refractivity contribution in [2.45, 2.75) is 33.3 Å². The maximum absolute atomic E-state index is 11.7. The van der Waals surface area contributed by atoms with E-state index in [-0.39, 0.29) is 24.9 Å². The molecule has 1 aromatic carbocycles. The molecule has 4 heteroatoms. The molecule has 0 saturated heterocycles. The number of amides is 1. The maximum atomic E-state index is 11.7. The highest BCUT2D eigenvalue weighted by molar-refractivity contribution is 5.85. The molecule has 1 rings (SSSR count). The highest BCUT2D eigenvalue weighted by atomic mass is 16.5. The summed E-state index contributed by atoms with van der Waals surface area (Å²) in [5.74, 6) is 0.0797. The Balaban J connectivity index is 2.26.